The zero-order valence-corrected chi connectivity index (χ0v) is 15.5. The van der Waals surface area contributed by atoms with Gasteiger partial charge >= 0.3 is 0 Å². The van der Waals surface area contributed by atoms with Crippen LogP contribution in [0.25, 0.3) is 0 Å². The van der Waals surface area contributed by atoms with Crippen LogP contribution in [0.5, 0.6) is 0 Å². The third-order valence-corrected chi connectivity index (χ3v) is 5.78. The number of alkyl halides is 1. The van der Waals surface area contributed by atoms with Gasteiger partial charge in [-0.2, -0.15) is 0 Å². The second kappa shape index (κ2) is 9.16. The van der Waals surface area contributed by atoms with Crippen LogP contribution in [-0.4, -0.2) is 67.2 Å². The Morgan fingerprint density at radius 2 is 1.83 bits per heavy atom. The van der Waals surface area contributed by atoms with Crippen molar-refractivity contribution in [3.8, 4) is 0 Å². The van der Waals surface area contributed by atoms with Gasteiger partial charge in [0.15, 0.2) is 0 Å². The molecular formula is C19H31ClN4. The van der Waals surface area contributed by atoms with E-state index in [4.69, 9.17) is 11.6 Å². The van der Waals surface area contributed by atoms with E-state index in [2.05, 4.69) is 57.7 Å². The standard InChI is InChI=1S/C19H31ClN4/c1-2-23-8-10-24(11-9-23)15-17-14-22-19(20)12-18(17)21-13-16-6-4-3-5-7-16/h3-7,17-19,21-22H,2,8-15H2,1H3. The lowest BCUT2D eigenvalue weighted by molar-refractivity contribution is 0.104. The largest absolute Gasteiger partial charge is 0.309 e. The summed E-state index contributed by atoms with van der Waals surface area (Å²) >= 11 is 6.37. The predicted octanol–water partition coefficient (Wildman–Crippen LogP) is 1.96. The Morgan fingerprint density at radius 3 is 2.54 bits per heavy atom. The summed E-state index contributed by atoms with van der Waals surface area (Å²) in [5, 5.41) is 7.22. The first kappa shape index (κ1) is 18.2. The van der Waals surface area contributed by atoms with E-state index in [0.29, 0.717) is 12.0 Å². The van der Waals surface area contributed by atoms with Crippen LogP contribution in [0.3, 0.4) is 0 Å². The summed E-state index contributed by atoms with van der Waals surface area (Å²) in [4.78, 5) is 5.17. The lowest BCUT2D eigenvalue weighted by Gasteiger charge is -2.41. The normalized spacial score (nSPS) is 29.7. The molecule has 2 N–H and O–H groups in total. The Kier molecular flexibility index (Phi) is 6.93. The van der Waals surface area contributed by atoms with E-state index in [9.17, 15) is 0 Å². The number of piperazine rings is 1. The summed E-state index contributed by atoms with van der Waals surface area (Å²) in [6, 6.07) is 11.1. The molecular weight excluding hydrogens is 320 g/mol. The number of rotatable bonds is 6. The van der Waals surface area contributed by atoms with Gasteiger partial charge in [-0.1, -0.05) is 37.3 Å². The van der Waals surface area contributed by atoms with Crippen molar-refractivity contribution in [1.82, 2.24) is 20.4 Å². The number of benzene rings is 1. The third-order valence-electron chi connectivity index (χ3n) is 5.45. The van der Waals surface area contributed by atoms with Crippen LogP contribution in [0.1, 0.15) is 18.9 Å². The molecule has 0 bridgehead atoms. The average molecular weight is 351 g/mol. The Hall–Kier alpha value is -0.650. The summed E-state index contributed by atoms with van der Waals surface area (Å²) in [7, 11) is 0. The van der Waals surface area contributed by atoms with Gasteiger partial charge < -0.3 is 20.4 Å². The van der Waals surface area contributed by atoms with Crippen LogP contribution < -0.4 is 10.6 Å². The first-order valence-corrected chi connectivity index (χ1v) is 9.77. The maximum Gasteiger partial charge on any atom is 0.0840 e. The van der Waals surface area contributed by atoms with E-state index < -0.39 is 0 Å². The number of piperidine rings is 1. The minimum atomic E-state index is 0.0893. The molecule has 0 spiro atoms. The molecule has 4 nitrogen and oxygen atoms in total. The fourth-order valence-corrected chi connectivity index (χ4v) is 4.11. The van der Waals surface area contributed by atoms with Crippen LogP contribution in [0.4, 0.5) is 0 Å². The molecule has 24 heavy (non-hydrogen) atoms. The fourth-order valence-electron chi connectivity index (χ4n) is 3.83. The van der Waals surface area contributed by atoms with Gasteiger partial charge in [0.05, 0.1) is 5.50 Å². The monoisotopic (exact) mass is 350 g/mol. The first-order valence-electron chi connectivity index (χ1n) is 9.34. The highest BCUT2D eigenvalue weighted by atomic mass is 35.5. The van der Waals surface area contributed by atoms with Crippen molar-refractivity contribution in [3.05, 3.63) is 35.9 Å². The highest BCUT2D eigenvalue weighted by molar-refractivity contribution is 6.20. The van der Waals surface area contributed by atoms with Crippen LogP contribution >= 0.6 is 11.6 Å². The minimum Gasteiger partial charge on any atom is -0.309 e. The predicted molar refractivity (Wildman–Crippen MR) is 101 cm³/mol. The molecule has 0 amide bonds. The number of nitrogens with zero attached hydrogens (tertiary/aromatic N) is 2. The van der Waals surface area contributed by atoms with Crippen molar-refractivity contribution < 1.29 is 0 Å². The maximum atomic E-state index is 6.37. The fraction of sp³-hybridized carbons (Fsp3) is 0.684. The molecule has 5 heteroatoms. The third kappa shape index (κ3) is 5.17. The average Bonchev–Trinajstić information content (AvgIpc) is 2.63. The minimum absolute atomic E-state index is 0.0893. The van der Waals surface area contributed by atoms with Crippen LogP contribution in [0.15, 0.2) is 30.3 Å². The lowest BCUT2D eigenvalue weighted by atomic mass is 9.92. The van der Waals surface area contributed by atoms with Gasteiger partial charge in [0.25, 0.3) is 0 Å². The molecule has 3 unspecified atom stereocenters. The van der Waals surface area contributed by atoms with Crippen LogP contribution in [0.2, 0.25) is 0 Å². The van der Waals surface area contributed by atoms with Crippen LogP contribution in [-0.2, 0) is 6.54 Å². The van der Waals surface area contributed by atoms with E-state index in [1.54, 1.807) is 0 Å². The van der Waals surface area contributed by atoms with Crippen LogP contribution in [0, 0.1) is 5.92 Å². The molecule has 1 aromatic rings. The van der Waals surface area contributed by atoms with Crippen molar-refractivity contribution in [2.45, 2.75) is 31.4 Å². The van der Waals surface area contributed by atoms with Gasteiger partial charge in [0, 0.05) is 51.9 Å². The van der Waals surface area contributed by atoms with Gasteiger partial charge in [-0.3, -0.25) is 0 Å². The molecule has 2 fully saturated rings. The van der Waals surface area contributed by atoms with E-state index in [1.807, 2.05) is 0 Å². The molecule has 2 heterocycles. The molecule has 0 radical (unpaired) electrons. The quantitative estimate of drug-likeness (QED) is 0.606. The molecule has 0 aromatic heterocycles. The number of likely N-dealkylation sites (N-methyl/N-ethyl adjacent to an activating group) is 1. The molecule has 1 aromatic carbocycles. The molecule has 2 aliphatic heterocycles. The van der Waals surface area contributed by atoms with Crippen molar-refractivity contribution >= 4 is 11.6 Å². The number of hydrogen-bond donors (Lipinski definition) is 2. The molecule has 3 atom stereocenters. The number of halogens is 1. The topological polar surface area (TPSA) is 30.5 Å². The van der Waals surface area contributed by atoms with E-state index in [-0.39, 0.29) is 5.50 Å². The van der Waals surface area contributed by atoms with E-state index in [0.717, 1.165) is 19.5 Å². The van der Waals surface area contributed by atoms with Gasteiger partial charge in [-0.15, -0.1) is 11.6 Å². The summed E-state index contributed by atoms with van der Waals surface area (Å²) < 4.78 is 0. The summed E-state index contributed by atoms with van der Waals surface area (Å²) in [6.45, 7) is 11.3. The summed E-state index contributed by atoms with van der Waals surface area (Å²) in [5.74, 6) is 0.622. The molecule has 134 valence electrons. The van der Waals surface area contributed by atoms with Crippen molar-refractivity contribution in [2.24, 2.45) is 5.92 Å². The van der Waals surface area contributed by atoms with Crippen molar-refractivity contribution in [2.75, 3.05) is 45.8 Å². The van der Waals surface area contributed by atoms with Crippen molar-refractivity contribution in [3.63, 3.8) is 0 Å². The highest BCUT2D eigenvalue weighted by Gasteiger charge is 2.31. The molecule has 3 rings (SSSR count). The second-order valence-electron chi connectivity index (χ2n) is 7.08. The SMILES string of the molecule is CCN1CCN(CC2CNC(Cl)CC2NCc2ccccc2)CC1. The van der Waals surface area contributed by atoms with E-state index in [1.165, 1.54) is 44.8 Å². The Morgan fingerprint density at radius 1 is 1.12 bits per heavy atom. The lowest BCUT2D eigenvalue weighted by Crippen LogP contribution is -2.56. The van der Waals surface area contributed by atoms with Gasteiger partial charge in [-0.25, -0.2) is 0 Å². The smallest absolute Gasteiger partial charge is 0.0840 e. The van der Waals surface area contributed by atoms with Gasteiger partial charge in [-0.05, 0) is 24.4 Å². The number of hydrogen-bond acceptors (Lipinski definition) is 4. The highest BCUT2D eigenvalue weighted by Crippen LogP contribution is 2.20. The molecule has 0 aliphatic carbocycles. The second-order valence-corrected chi connectivity index (χ2v) is 7.61. The first-order chi connectivity index (χ1) is 11.7. The maximum absolute atomic E-state index is 6.37. The zero-order chi connectivity index (χ0) is 16.8. The summed E-state index contributed by atoms with van der Waals surface area (Å²) in [6.07, 6.45) is 0.994. The van der Waals surface area contributed by atoms with E-state index >= 15 is 0 Å². The Labute approximate surface area is 151 Å². The zero-order valence-electron chi connectivity index (χ0n) is 14.8. The molecule has 2 saturated heterocycles. The Balaban J connectivity index is 1.52. The van der Waals surface area contributed by atoms with Crippen molar-refractivity contribution in [1.29, 1.82) is 0 Å². The van der Waals surface area contributed by atoms with Gasteiger partial charge in [0.2, 0.25) is 0 Å². The van der Waals surface area contributed by atoms with Gasteiger partial charge in [0.1, 0.15) is 0 Å². The summed E-state index contributed by atoms with van der Waals surface area (Å²) in [5.41, 5.74) is 1.43. The number of nitrogens with one attached hydrogen (secondary N) is 2. The Bertz CT molecular complexity index is 476. The molecule has 0 saturated carbocycles. The molecule has 2 aliphatic rings.